The van der Waals surface area contributed by atoms with Crippen molar-refractivity contribution in [2.24, 2.45) is 10.7 Å². The summed E-state index contributed by atoms with van der Waals surface area (Å²) in [5.74, 6) is 0.454. The van der Waals surface area contributed by atoms with Crippen LogP contribution in [0.3, 0.4) is 0 Å². The third-order valence-corrected chi connectivity index (χ3v) is 3.86. The first-order chi connectivity index (χ1) is 11.6. The fourth-order valence-corrected chi connectivity index (χ4v) is 2.86. The van der Waals surface area contributed by atoms with Gasteiger partial charge < -0.3 is 15.6 Å². The molecule has 5 nitrogen and oxygen atoms in total. The van der Waals surface area contributed by atoms with Gasteiger partial charge in [-0.2, -0.15) is 0 Å². The lowest BCUT2D eigenvalue weighted by Crippen LogP contribution is -2.23. The number of benzene rings is 2. The second-order valence-electron chi connectivity index (χ2n) is 6.05. The van der Waals surface area contributed by atoms with E-state index in [1.165, 1.54) is 11.1 Å². The quantitative estimate of drug-likeness (QED) is 0.267. The molecule has 2 aromatic carbocycles. The molecule has 0 aliphatic heterocycles. The average molecular weight is 449 g/mol. The van der Waals surface area contributed by atoms with Crippen LogP contribution in [0.25, 0.3) is 11.0 Å². The molecule has 0 fully saturated rings. The Kier molecular flexibility index (Phi) is 6.81. The molecule has 3 N–H and O–H groups in total. The van der Waals surface area contributed by atoms with Gasteiger partial charge in [0.25, 0.3) is 0 Å². The molecule has 0 amide bonds. The maximum atomic E-state index is 5.98. The molecule has 1 aromatic heterocycles. The molecule has 132 valence electrons. The summed E-state index contributed by atoms with van der Waals surface area (Å²) in [6.45, 7) is 5.69. The molecule has 0 saturated heterocycles. The highest BCUT2D eigenvalue weighted by Gasteiger charge is 2.01. The number of aliphatic imine (C=N–C) groups is 1. The number of guanidine groups is 1. The second kappa shape index (κ2) is 8.84. The molecule has 3 rings (SSSR count). The Morgan fingerprint density at radius 2 is 1.88 bits per heavy atom. The van der Waals surface area contributed by atoms with E-state index < -0.39 is 0 Å². The van der Waals surface area contributed by atoms with Gasteiger partial charge in [-0.25, -0.2) is 4.98 Å². The summed E-state index contributed by atoms with van der Waals surface area (Å²) in [6, 6.07) is 14.4. The van der Waals surface area contributed by atoms with Crippen molar-refractivity contribution in [2.45, 2.75) is 26.8 Å². The van der Waals surface area contributed by atoms with Gasteiger partial charge in [-0.1, -0.05) is 18.2 Å². The van der Waals surface area contributed by atoms with Crippen LogP contribution in [-0.4, -0.2) is 22.1 Å². The van der Waals surface area contributed by atoms with Crippen molar-refractivity contribution >= 4 is 46.7 Å². The van der Waals surface area contributed by atoms with Crippen LogP contribution >= 0.6 is 24.0 Å². The van der Waals surface area contributed by atoms with Gasteiger partial charge in [-0.3, -0.25) is 4.99 Å². The van der Waals surface area contributed by atoms with Gasteiger partial charge >= 0.3 is 0 Å². The van der Waals surface area contributed by atoms with Crippen molar-refractivity contribution in [3.63, 3.8) is 0 Å². The second-order valence-corrected chi connectivity index (χ2v) is 6.05. The minimum atomic E-state index is 0. The Morgan fingerprint density at radius 1 is 1.16 bits per heavy atom. The number of hydrogen-bond acceptors (Lipinski definition) is 2. The van der Waals surface area contributed by atoms with Crippen molar-refractivity contribution in [1.29, 1.82) is 0 Å². The van der Waals surface area contributed by atoms with Gasteiger partial charge in [-0.15, -0.1) is 24.0 Å². The lowest BCUT2D eigenvalue weighted by Gasteiger charge is -2.08. The number of hydrogen-bond donors (Lipinski definition) is 2. The predicted octanol–water partition coefficient (Wildman–Crippen LogP) is 4.09. The van der Waals surface area contributed by atoms with E-state index in [0.717, 1.165) is 29.7 Å². The van der Waals surface area contributed by atoms with E-state index in [-0.39, 0.29) is 24.0 Å². The fourth-order valence-electron chi connectivity index (χ4n) is 2.86. The van der Waals surface area contributed by atoms with Gasteiger partial charge in [0.1, 0.15) is 0 Å². The molecule has 0 bridgehead atoms. The van der Waals surface area contributed by atoms with Gasteiger partial charge in [0.15, 0.2) is 5.96 Å². The smallest absolute Gasteiger partial charge is 0.193 e. The average Bonchev–Trinajstić information content (AvgIpc) is 2.94. The highest BCUT2D eigenvalue weighted by Crippen LogP contribution is 2.14. The normalized spacial score (nSPS) is 11.4. The monoisotopic (exact) mass is 449 g/mol. The molecule has 0 aliphatic rings. The highest BCUT2D eigenvalue weighted by molar-refractivity contribution is 14.0. The lowest BCUT2D eigenvalue weighted by atomic mass is 10.1. The topological polar surface area (TPSA) is 68.2 Å². The zero-order chi connectivity index (χ0) is 16.9. The minimum Gasteiger partial charge on any atom is -0.370 e. The van der Waals surface area contributed by atoms with Crippen LogP contribution in [-0.2, 0) is 6.54 Å². The van der Waals surface area contributed by atoms with E-state index in [1.54, 1.807) is 0 Å². The molecule has 25 heavy (non-hydrogen) atoms. The number of aryl methyl sites for hydroxylation is 3. The summed E-state index contributed by atoms with van der Waals surface area (Å²) < 4.78 is 2.15. The standard InChI is InChI=1S/C19H23N5.HI/c1-14-10-15(2)12-16(11-14)23-19(20)21-8-5-9-24-13-22-17-6-3-4-7-18(17)24;/h3-4,6-7,10-13H,5,8-9H2,1-2H3,(H3,20,21,23);1H. The Labute approximate surface area is 165 Å². The van der Waals surface area contributed by atoms with Crippen molar-refractivity contribution in [3.8, 4) is 0 Å². The van der Waals surface area contributed by atoms with Crippen LogP contribution in [0, 0.1) is 13.8 Å². The molecule has 0 spiro atoms. The SMILES string of the molecule is Cc1cc(C)cc(NC(N)=NCCCn2cnc3ccccc32)c1.I. The first kappa shape index (κ1) is 19.2. The van der Waals surface area contributed by atoms with Crippen LogP contribution in [0.4, 0.5) is 5.69 Å². The van der Waals surface area contributed by atoms with Crippen LogP contribution in [0.5, 0.6) is 0 Å². The lowest BCUT2D eigenvalue weighted by molar-refractivity contribution is 0.666. The number of nitrogens with two attached hydrogens (primary N) is 1. The number of nitrogens with one attached hydrogen (secondary N) is 1. The highest BCUT2D eigenvalue weighted by atomic mass is 127. The summed E-state index contributed by atoms with van der Waals surface area (Å²) in [7, 11) is 0. The molecule has 3 aromatic rings. The number of anilines is 1. The Hall–Kier alpha value is -2.09. The summed E-state index contributed by atoms with van der Waals surface area (Å²) in [6.07, 6.45) is 2.79. The van der Waals surface area contributed by atoms with Crippen LogP contribution in [0.2, 0.25) is 0 Å². The summed E-state index contributed by atoms with van der Waals surface area (Å²) >= 11 is 0. The molecule has 0 atom stereocenters. The zero-order valence-corrected chi connectivity index (χ0v) is 16.9. The number of para-hydroxylation sites is 2. The number of imidazole rings is 1. The maximum absolute atomic E-state index is 5.98. The van der Waals surface area contributed by atoms with Gasteiger partial charge in [-0.05, 0) is 55.7 Å². The third-order valence-electron chi connectivity index (χ3n) is 3.86. The molecule has 0 saturated carbocycles. The number of fused-ring (bicyclic) bond motifs is 1. The van der Waals surface area contributed by atoms with E-state index in [1.807, 2.05) is 24.5 Å². The van der Waals surface area contributed by atoms with E-state index in [2.05, 4.69) is 58.0 Å². The first-order valence-corrected chi connectivity index (χ1v) is 8.17. The molecule has 0 radical (unpaired) electrons. The van der Waals surface area contributed by atoms with E-state index >= 15 is 0 Å². The maximum Gasteiger partial charge on any atom is 0.193 e. The van der Waals surface area contributed by atoms with Crippen LogP contribution in [0.15, 0.2) is 53.8 Å². The first-order valence-electron chi connectivity index (χ1n) is 8.17. The van der Waals surface area contributed by atoms with Gasteiger partial charge in [0.05, 0.1) is 17.4 Å². The van der Waals surface area contributed by atoms with E-state index in [0.29, 0.717) is 12.5 Å². The van der Waals surface area contributed by atoms with Crippen LogP contribution in [0.1, 0.15) is 17.5 Å². The minimum absolute atomic E-state index is 0. The molecule has 1 heterocycles. The van der Waals surface area contributed by atoms with Gasteiger partial charge in [0, 0.05) is 18.8 Å². The molecule has 0 unspecified atom stereocenters. The summed E-state index contributed by atoms with van der Waals surface area (Å²) in [5, 5.41) is 3.16. The van der Waals surface area contributed by atoms with Gasteiger partial charge in [0.2, 0.25) is 0 Å². The Morgan fingerprint density at radius 3 is 2.64 bits per heavy atom. The number of nitrogens with zero attached hydrogens (tertiary/aromatic N) is 3. The Balaban J connectivity index is 0.00000225. The molecule has 6 heteroatoms. The largest absolute Gasteiger partial charge is 0.370 e. The summed E-state index contributed by atoms with van der Waals surface area (Å²) in [5.41, 5.74) is 11.5. The molecular weight excluding hydrogens is 425 g/mol. The van der Waals surface area contributed by atoms with E-state index in [4.69, 9.17) is 5.73 Å². The molecular formula is C19H24IN5. The van der Waals surface area contributed by atoms with Crippen molar-refractivity contribution < 1.29 is 0 Å². The third kappa shape index (κ3) is 5.19. The number of aromatic nitrogens is 2. The van der Waals surface area contributed by atoms with E-state index in [9.17, 15) is 0 Å². The Bertz CT molecular complexity index is 849. The number of halogens is 1. The van der Waals surface area contributed by atoms with Crippen molar-refractivity contribution in [3.05, 3.63) is 59.9 Å². The zero-order valence-electron chi connectivity index (χ0n) is 14.6. The molecule has 0 aliphatic carbocycles. The van der Waals surface area contributed by atoms with Crippen LogP contribution < -0.4 is 11.1 Å². The van der Waals surface area contributed by atoms with Crippen molar-refractivity contribution in [1.82, 2.24) is 9.55 Å². The fraction of sp³-hybridized carbons (Fsp3) is 0.263. The summed E-state index contributed by atoms with van der Waals surface area (Å²) in [4.78, 5) is 8.80. The van der Waals surface area contributed by atoms with Crippen molar-refractivity contribution in [2.75, 3.05) is 11.9 Å². The predicted molar refractivity (Wildman–Crippen MR) is 116 cm³/mol. The number of rotatable bonds is 5.